The van der Waals surface area contributed by atoms with Crippen molar-refractivity contribution >= 4 is 15.9 Å². The molecule has 0 saturated heterocycles. The number of ether oxygens (including phenoxy) is 1. The van der Waals surface area contributed by atoms with E-state index in [0.717, 1.165) is 22.3 Å². The van der Waals surface area contributed by atoms with Gasteiger partial charge in [-0.25, -0.2) is 0 Å². The van der Waals surface area contributed by atoms with E-state index in [-0.39, 0.29) is 0 Å². The Kier molecular flexibility index (Phi) is 3.84. The van der Waals surface area contributed by atoms with Crippen LogP contribution in [-0.4, -0.2) is 9.78 Å². The summed E-state index contributed by atoms with van der Waals surface area (Å²) in [6.45, 7) is 2.56. The van der Waals surface area contributed by atoms with Crippen LogP contribution in [0.5, 0.6) is 5.75 Å². The lowest BCUT2D eigenvalue weighted by molar-refractivity contribution is 0.296. The Morgan fingerprint density at radius 2 is 2.18 bits per heavy atom. The zero-order valence-electron chi connectivity index (χ0n) is 9.98. The van der Waals surface area contributed by atoms with Crippen LogP contribution in [0.2, 0.25) is 0 Å². The SMILES string of the molecule is Cc1cccc(CBr)c1OCc1ccn(C)n1. The molecule has 0 bridgehead atoms. The molecule has 0 fully saturated rings. The van der Waals surface area contributed by atoms with Gasteiger partial charge >= 0.3 is 0 Å². The van der Waals surface area contributed by atoms with Gasteiger partial charge in [0.2, 0.25) is 0 Å². The van der Waals surface area contributed by atoms with Gasteiger partial charge in [0.1, 0.15) is 12.4 Å². The van der Waals surface area contributed by atoms with Gasteiger partial charge in [-0.2, -0.15) is 5.10 Å². The van der Waals surface area contributed by atoms with Gasteiger partial charge < -0.3 is 4.74 Å². The lowest BCUT2D eigenvalue weighted by atomic mass is 10.1. The van der Waals surface area contributed by atoms with Crippen LogP contribution >= 0.6 is 15.9 Å². The molecule has 0 N–H and O–H groups in total. The first kappa shape index (κ1) is 12.2. The molecule has 0 aliphatic heterocycles. The summed E-state index contributed by atoms with van der Waals surface area (Å²) >= 11 is 3.47. The molecule has 1 aromatic heterocycles. The summed E-state index contributed by atoms with van der Waals surface area (Å²) in [5, 5.41) is 5.09. The summed E-state index contributed by atoms with van der Waals surface area (Å²) in [7, 11) is 1.90. The number of hydrogen-bond donors (Lipinski definition) is 0. The van der Waals surface area contributed by atoms with Crippen LogP contribution in [0.25, 0.3) is 0 Å². The van der Waals surface area contributed by atoms with Crippen molar-refractivity contribution in [3.8, 4) is 5.75 Å². The summed E-state index contributed by atoms with van der Waals surface area (Å²) < 4.78 is 7.63. The Balaban J connectivity index is 2.13. The molecule has 17 heavy (non-hydrogen) atoms. The number of halogens is 1. The fourth-order valence-corrected chi connectivity index (χ4v) is 2.15. The predicted molar refractivity (Wildman–Crippen MR) is 71.4 cm³/mol. The molecule has 4 heteroatoms. The first-order chi connectivity index (χ1) is 8.20. The van der Waals surface area contributed by atoms with Gasteiger partial charge in [-0.15, -0.1) is 0 Å². The third kappa shape index (κ3) is 2.88. The maximum absolute atomic E-state index is 5.85. The van der Waals surface area contributed by atoms with Crippen molar-refractivity contribution in [3.63, 3.8) is 0 Å². The molecule has 0 spiro atoms. The van der Waals surface area contributed by atoms with Crippen LogP contribution in [0.1, 0.15) is 16.8 Å². The minimum absolute atomic E-state index is 0.506. The van der Waals surface area contributed by atoms with E-state index in [1.807, 2.05) is 25.4 Å². The fourth-order valence-electron chi connectivity index (χ4n) is 1.71. The lowest BCUT2D eigenvalue weighted by Crippen LogP contribution is -2.01. The van der Waals surface area contributed by atoms with Gasteiger partial charge in [0.25, 0.3) is 0 Å². The van der Waals surface area contributed by atoms with E-state index in [1.54, 1.807) is 4.68 Å². The monoisotopic (exact) mass is 294 g/mol. The van der Waals surface area contributed by atoms with Gasteiger partial charge in [-0.3, -0.25) is 4.68 Å². The van der Waals surface area contributed by atoms with E-state index < -0.39 is 0 Å². The highest BCUT2D eigenvalue weighted by atomic mass is 79.9. The maximum Gasteiger partial charge on any atom is 0.132 e. The Morgan fingerprint density at radius 1 is 1.35 bits per heavy atom. The van der Waals surface area contributed by atoms with E-state index in [4.69, 9.17) is 4.74 Å². The average molecular weight is 295 g/mol. The Bertz CT molecular complexity index is 508. The Morgan fingerprint density at radius 3 is 2.82 bits per heavy atom. The molecule has 3 nitrogen and oxygen atoms in total. The van der Waals surface area contributed by atoms with Crippen molar-refractivity contribution in [2.45, 2.75) is 18.9 Å². The van der Waals surface area contributed by atoms with Gasteiger partial charge in [0.15, 0.2) is 0 Å². The van der Waals surface area contributed by atoms with Gasteiger partial charge in [0, 0.05) is 24.1 Å². The molecule has 2 aromatic rings. The normalized spacial score (nSPS) is 10.5. The highest BCUT2D eigenvalue weighted by Gasteiger charge is 2.07. The maximum atomic E-state index is 5.85. The second-order valence-electron chi connectivity index (χ2n) is 3.97. The van der Waals surface area contributed by atoms with E-state index in [9.17, 15) is 0 Å². The minimum Gasteiger partial charge on any atom is -0.487 e. The topological polar surface area (TPSA) is 27.1 Å². The van der Waals surface area contributed by atoms with Gasteiger partial charge in [0.05, 0.1) is 5.69 Å². The molecule has 2 rings (SSSR count). The summed E-state index contributed by atoms with van der Waals surface area (Å²) in [5.74, 6) is 0.954. The molecule has 0 aliphatic carbocycles. The third-order valence-electron chi connectivity index (χ3n) is 2.57. The van der Waals surface area contributed by atoms with Gasteiger partial charge in [-0.05, 0) is 18.6 Å². The van der Waals surface area contributed by atoms with Crippen LogP contribution in [0, 0.1) is 6.92 Å². The highest BCUT2D eigenvalue weighted by molar-refractivity contribution is 9.08. The molecule has 1 heterocycles. The molecule has 0 amide bonds. The molecule has 0 saturated carbocycles. The van der Waals surface area contributed by atoms with Crippen molar-refractivity contribution in [2.24, 2.45) is 7.05 Å². The predicted octanol–water partition coefficient (Wildman–Crippen LogP) is 3.20. The van der Waals surface area contributed by atoms with E-state index >= 15 is 0 Å². The van der Waals surface area contributed by atoms with Crippen LogP contribution in [0.15, 0.2) is 30.5 Å². The molecule has 1 aromatic carbocycles. The van der Waals surface area contributed by atoms with Crippen LogP contribution in [-0.2, 0) is 19.0 Å². The first-order valence-electron chi connectivity index (χ1n) is 5.46. The summed E-state index contributed by atoms with van der Waals surface area (Å²) in [6.07, 6.45) is 1.92. The number of para-hydroxylation sites is 1. The first-order valence-corrected chi connectivity index (χ1v) is 6.58. The molecule has 0 aliphatic rings. The number of benzene rings is 1. The number of rotatable bonds is 4. The lowest BCUT2D eigenvalue weighted by Gasteiger charge is -2.11. The van der Waals surface area contributed by atoms with E-state index in [0.29, 0.717) is 6.61 Å². The largest absolute Gasteiger partial charge is 0.487 e. The van der Waals surface area contributed by atoms with Crippen LogP contribution in [0.4, 0.5) is 0 Å². The fraction of sp³-hybridized carbons (Fsp3) is 0.308. The molecule has 0 atom stereocenters. The third-order valence-corrected chi connectivity index (χ3v) is 3.17. The van der Waals surface area contributed by atoms with Crippen LogP contribution in [0.3, 0.4) is 0 Å². The summed E-state index contributed by atoms with van der Waals surface area (Å²) in [6, 6.07) is 8.13. The molecule has 0 unspecified atom stereocenters. The summed E-state index contributed by atoms with van der Waals surface area (Å²) in [5.41, 5.74) is 3.26. The average Bonchev–Trinajstić information content (AvgIpc) is 2.73. The zero-order valence-corrected chi connectivity index (χ0v) is 11.6. The number of hydrogen-bond acceptors (Lipinski definition) is 2. The quantitative estimate of drug-likeness (QED) is 0.810. The molecule has 0 radical (unpaired) electrons. The molecular weight excluding hydrogens is 280 g/mol. The number of nitrogens with zero attached hydrogens (tertiary/aromatic N) is 2. The standard InChI is InChI=1S/C13H15BrN2O/c1-10-4-3-5-11(8-14)13(10)17-9-12-6-7-16(2)15-12/h3-7H,8-9H2,1-2H3. The number of aromatic nitrogens is 2. The second kappa shape index (κ2) is 5.36. The zero-order chi connectivity index (χ0) is 12.3. The summed E-state index contributed by atoms with van der Waals surface area (Å²) in [4.78, 5) is 0. The van der Waals surface area contributed by atoms with Crippen molar-refractivity contribution in [3.05, 3.63) is 47.3 Å². The van der Waals surface area contributed by atoms with E-state index in [2.05, 4.69) is 40.1 Å². The number of alkyl halides is 1. The smallest absolute Gasteiger partial charge is 0.132 e. The van der Waals surface area contributed by atoms with Crippen LogP contribution < -0.4 is 4.74 Å². The minimum atomic E-state index is 0.506. The van der Waals surface area contributed by atoms with Crippen molar-refractivity contribution in [2.75, 3.05) is 0 Å². The number of aryl methyl sites for hydroxylation is 2. The van der Waals surface area contributed by atoms with Crippen molar-refractivity contribution < 1.29 is 4.74 Å². The van der Waals surface area contributed by atoms with Crippen molar-refractivity contribution in [1.82, 2.24) is 9.78 Å². The second-order valence-corrected chi connectivity index (χ2v) is 4.53. The molecular formula is C13H15BrN2O. The Labute approximate surface area is 110 Å². The highest BCUT2D eigenvalue weighted by Crippen LogP contribution is 2.26. The van der Waals surface area contributed by atoms with Gasteiger partial charge in [-0.1, -0.05) is 34.1 Å². The van der Waals surface area contributed by atoms with Crippen molar-refractivity contribution in [1.29, 1.82) is 0 Å². The Hall–Kier alpha value is -1.29. The molecule has 90 valence electrons. The van der Waals surface area contributed by atoms with E-state index in [1.165, 1.54) is 5.56 Å².